The van der Waals surface area contributed by atoms with Crippen LogP contribution in [-0.2, 0) is 6.54 Å². The number of rotatable bonds is 5. The van der Waals surface area contributed by atoms with Crippen LogP contribution in [0.3, 0.4) is 0 Å². The highest BCUT2D eigenvalue weighted by atomic mass is 16.5. The average Bonchev–Trinajstić information content (AvgIpc) is 2.25. The number of nitrogens with zero attached hydrogens (tertiary/aromatic N) is 1. The largest absolute Gasteiger partial charge is 0.495 e. The van der Waals surface area contributed by atoms with Gasteiger partial charge in [-0.05, 0) is 31.8 Å². The Balaban J connectivity index is 2.88. The van der Waals surface area contributed by atoms with Crippen molar-refractivity contribution in [1.29, 1.82) is 0 Å². The smallest absolute Gasteiger partial charge is 0.141 e. The summed E-state index contributed by atoms with van der Waals surface area (Å²) in [4.78, 5) is 2.12. The molecule has 1 aromatic carbocycles. The van der Waals surface area contributed by atoms with Gasteiger partial charge in [0.1, 0.15) is 5.75 Å². The van der Waals surface area contributed by atoms with Crippen LogP contribution < -0.4 is 10.1 Å². The number of anilines is 1. The Morgan fingerprint density at radius 3 is 2.75 bits per heavy atom. The summed E-state index contributed by atoms with van der Waals surface area (Å²) in [5, 5.41) is 3.15. The van der Waals surface area contributed by atoms with Crippen LogP contribution >= 0.6 is 0 Å². The Hall–Kier alpha value is -1.66. The van der Waals surface area contributed by atoms with E-state index in [2.05, 4.69) is 28.3 Å². The number of nitrogens with one attached hydrogen (secondary N) is 1. The Morgan fingerprint density at radius 2 is 2.19 bits per heavy atom. The van der Waals surface area contributed by atoms with Gasteiger partial charge in [0.2, 0.25) is 0 Å². The normalized spacial score (nSPS) is 9.94. The Labute approximate surface area is 97.4 Å². The standard InChI is InChI=1S/C13H18N2O/c1-5-8-14-12-9-11(10-15(2)3)6-7-13(12)16-4/h1,6-7,9,14H,8,10H2,2-4H3. The van der Waals surface area contributed by atoms with Crippen molar-refractivity contribution in [2.24, 2.45) is 0 Å². The van der Waals surface area contributed by atoms with Gasteiger partial charge < -0.3 is 15.0 Å². The summed E-state index contributed by atoms with van der Waals surface area (Å²) in [5.41, 5.74) is 2.17. The van der Waals surface area contributed by atoms with Crippen molar-refractivity contribution >= 4 is 5.69 Å². The molecule has 0 aliphatic rings. The van der Waals surface area contributed by atoms with Crippen molar-refractivity contribution in [3.05, 3.63) is 23.8 Å². The van der Waals surface area contributed by atoms with Gasteiger partial charge in [-0.15, -0.1) is 6.42 Å². The molecular formula is C13H18N2O. The number of methoxy groups -OCH3 is 1. The molecule has 0 amide bonds. The van der Waals surface area contributed by atoms with Crippen LogP contribution in [-0.4, -0.2) is 32.6 Å². The van der Waals surface area contributed by atoms with Gasteiger partial charge >= 0.3 is 0 Å². The van der Waals surface area contributed by atoms with Crippen LogP contribution in [0.1, 0.15) is 5.56 Å². The molecular weight excluding hydrogens is 200 g/mol. The molecule has 0 saturated carbocycles. The van der Waals surface area contributed by atoms with E-state index in [4.69, 9.17) is 11.2 Å². The van der Waals surface area contributed by atoms with Gasteiger partial charge in [-0.3, -0.25) is 0 Å². The van der Waals surface area contributed by atoms with Crippen molar-refractivity contribution in [2.45, 2.75) is 6.54 Å². The molecule has 16 heavy (non-hydrogen) atoms. The monoisotopic (exact) mass is 218 g/mol. The summed E-state index contributed by atoms with van der Waals surface area (Å²) in [5.74, 6) is 3.37. The fraction of sp³-hybridized carbons (Fsp3) is 0.385. The molecule has 0 radical (unpaired) electrons. The molecule has 3 nitrogen and oxygen atoms in total. The molecule has 86 valence electrons. The highest BCUT2D eigenvalue weighted by molar-refractivity contribution is 5.58. The zero-order chi connectivity index (χ0) is 12.0. The Bertz CT molecular complexity index is 380. The third kappa shape index (κ3) is 3.48. The minimum absolute atomic E-state index is 0.502. The lowest BCUT2D eigenvalue weighted by atomic mass is 10.1. The van der Waals surface area contributed by atoms with Gasteiger partial charge in [-0.1, -0.05) is 12.0 Å². The molecule has 0 unspecified atom stereocenters. The minimum atomic E-state index is 0.502. The second-order valence-corrected chi connectivity index (χ2v) is 3.83. The third-order valence-electron chi connectivity index (χ3n) is 2.14. The van der Waals surface area contributed by atoms with Crippen molar-refractivity contribution in [3.8, 4) is 18.1 Å². The summed E-state index contributed by atoms with van der Waals surface area (Å²) >= 11 is 0. The molecule has 0 fully saturated rings. The molecule has 0 saturated heterocycles. The van der Waals surface area contributed by atoms with Crippen LogP contribution in [0.4, 0.5) is 5.69 Å². The number of hydrogen-bond donors (Lipinski definition) is 1. The van der Waals surface area contributed by atoms with Gasteiger partial charge in [0, 0.05) is 6.54 Å². The first-order valence-electron chi connectivity index (χ1n) is 5.16. The molecule has 1 aromatic rings. The second-order valence-electron chi connectivity index (χ2n) is 3.83. The average molecular weight is 218 g/mol. The first kappa shape index (κ1) is 12.4. The summed E-state index contributed by atoms with van der Waals surface area (Å²) in [6.45, 7) is 1.40. The van der Waals surface area contributed by atoms with Crippen molar-refractivity contribution in [1.82, 2.24) is 4.90 Å². The van der Waals surface area contributed by atoms with E-state index in [-0.39, 0.29) is 0 Å². The number of terminal acetylenes is 1. The fourth-order valence-corrected chi connectivity index (χ4v) is 1.50. The lowest BCUT2D eigenvalue weighted by Crippen LogP contribution is -2.11. The number of hydrogen-bond acceptors (Lipinski definition) is 3. The maximum Gasteiger partial charge on any atom is 0.141 e. The molecule has 0 spiro atoms. The molecule has 3 heteroatoms. The number of benzene rings is 1. The van der Waals surface area contributed by atoms with Gasteiger partial charge in [0.05, 0.1) is 19.3 Å². The fourth-order valence-electron chi connectivity index (χ4n) is 1.50. The minimum Gasteiger partial charge on any atom is -0.495 e. The zero-order valence-electron chi connectivity index (χ0n) is 10.1. The predicted molar refractivity (Wildman–Crippen MR) is 67.7 cm³/mol. The lowest BCUT2D eigenvalue weighted by Gasteiger charge is -2.14. The van der Waals surface area contributed by atoms with Gasteiger partial charge in [0.15, 0.2) is 0 Å². The van der Waals surface area contributed by atoms with Crippen LogP contribution in [0.5, 0.6) is 5.75 Å². The van der Waals surface area contributed by atoms with E-state index in [9.17, 15) is 0 Å². The molecule has 1 N–H and O–H groups in total. The van der Waals surface area contributed by atoms with Gasteiger partial charge in [0.25, 0.3) is 0 Å². The summed E-state index contributed by atoms with van der Waals surface area (Å²) in [6, 6.07) is 6.08. The van der Waals surface area contributed by atoms with Crippen LogP contribution in [0.2, 0.25) is 0 Å². The van der Waals surface area contributed by atoms with Gasteiger partial charge in [-0.25, -0.2) is 0 Å². The van der Waals surface area contributed by atoms with E-state index >= 15 is 0 Å². The second kappa shape index (κ2) is 6.04. The molecule has 0 atom stereocenters. The van der Waals surface area contributed by atoms with Crippen LogP contribution in [0, 0.1) is 12.3 Å². The first-order valence-corrected chi connectivity index (χ1v) is 5.16. The number of ether oxygens (including phenoxy) is 1. The summed E-state index contributed by atoms with van der Waals surface area (Å²) in [7, 11) is 5.74. The van der Waals surface area contributed by atoms with Crippen LogP contribution in [0.25, 0.3) is 0 Å². The molecule has 0 heterocycles. The predicted octanol–water partition coefficient (Wildman–Crippen LogP) is 1.80. The van der Waals surface area contributed by atoms with Crippen molar-refractivity contribution in [3.63, 3.8) is 0 Å². The topological polar surface area (TPSA) is 24.5 Å². The summed E-state index contributed by atoms with van der Waals surface area (Å²) in [6.07, 6.45) is 5.23. The van der Waals surface area contributed by atoms with E-state index in [1.54, 1.807) is 7.11 Å². The highest BCUT2D eigenvalue weighted by Gasteiger charge is 2.04. The van der Waals surface area contributed by atoms with Crippen LogP contribution in [0.15, 0.2) is 18.2 Å². The van der Waals surface area contributed by atoms with E-state index in [1.165, 1.54) is 5.56 Å². The molecule has 0 aromatic heterocycles. The SMILES string of the molecule is C#CCNc1cc(CN(C)C)ccc1OC. The Kier molecular flexibility index (Phi) is 4.68. The quantitative estimate of drug-likeness (QED) is 0.763. The van der Waals surface area contributed by atoms with E-state index in [0.29, 0.717) is 6.54 Å². The molecule has 0 aliphatic heterocycles. The maximum absolute atomic E-state index is 5.26. The van der Waals surface area contributed by atoms with Crippen molar-refractivity contribution in [2.75, 3.05) is 33.1 Å². The maximum atomic E-state index is 5.26. The summed E-state index contributed by atoms with van der Waals surface area (Å²) < 4.78 is 5.26. The zero-order valence-corrected chi connectivity index (χ0v) is 10.1. The third-order valence-corrected chi connectivity index (χ3v) is 2.14. The van der Waals surface area contributed by atoms with E-state index in [1.807, 2.05) is 20.2 Å². The lowest BCUT2D eigenvalue weighted by molar-refractivity contribution is 0.400. The van der Waals surface area contributed by atoms with E-state index < -0.39 is 0 Å². The highest BCUT2D eigenvalue weighted by Crippen LogP contribution is 2.25. The first-order chi connectivity index (χ1) is 7.67. The molecule has 1 rings (SSSR count). The molecule has 0 bridgehead atoms. The Morgan fingerprint density at radius 1 is 1.44 bits per heavy atom. The molecule has 0 aliphatic carbocycles. The van der Waals surface area contributed by atoms with Crippen molar-refractivity contribution < 1.29 is 4.74 Å². The van der Waals surface area contributed by atoms with E-state index in [0.717, 1.165) is 18.0 Å². The van der Waals surface area contributed by atoms with Gasteiger partial charge in [-0.2, -0.15) is 0 Å².